The van der Waals surface area contributed by atoms with Gasteiger partial charge in [0.2, 0.25) is 11.8 Å². The van der Waals surface area contributed by atoms with Crippen LogP contribution in [0.25, 0.3) is 0 Å². The van der Waals surface area contributed by atoms with E-state index in [2.05, 4.69) is 10.6 Å². The van der Waals surface area contributed by atoms with Gasteiger partial charge in [0, 0.05) is 13.0 Å². The summed E-state index contributed by atoms with van der Waals surface area (Å²) in [5, 5.41) is 34.5. The lowest BCUT2D eigenvalue weighted by Gasteiger charge is -2.15. The van der Waals surface area contributed by atoms with E-state index in [1.165, 1.54) is 0 Å². The third kappa shape index (κ3) is 5.01. The first-order valence-electron chi connectivity index (χ1n) is 6.34. The molecule has 0 bridgehead atoms. The number of carbonyl (C=O) groups excluding carboxylic acids is 2. The Kier molecular flexibility index (Phi) is 5.87. The lowest BCUT2D eigenvalue weighted by Crippen LogP contribution is -2.44. The molecule has 0 radical (unpaired) electrons. The second-order valence-electron chi connectivity index (χ2n) is 4.56. The molecule has 1 atom stereocenters. The normalized spacial score (nSPS) is 11.2. The molecule has 0 aromatic heterocycles. The lowest BCUT2D eigenvalue weighted by atomic mass is 10.1. The van der Waals surface area contributed by atoms with E-state index in [0.29, 0.717) is 6.07 Å². The quantitative estimate of drug-likeness (QED) is 0.471. The molecule has 0 heterocycles. The van der Waals surface area contributed by atoms with Crippen LogP contribution in [-0.4, -0.2) is 38.8 Å². The second kappa shape index (κ2) is 7.62. The highest BCUT2D eigenvalue weighted by molar-refractivity contribution is 6.00. The number of nitro benzene ring substituents is 2. The van der Waals surface area contributed by atoms with Crippen LogP contribution >= 0.6 is 0 Å². The fraction of sp³-hybridized carbons (Fsp3) is 0.250. The molecule has 2 amide bonds. The van der Waals surface area contributed by atoms with Gasteiger partial charge in [-0.15, -0.1) is 0 Å². The van der Waals surface area contributed by atoms with Crippen LogP contribution in [0.4, 0.5) is 17.1 Å². The van der Waals surface area contributed by atoms with Crippen molar-refractivity contribution in [2.24, 2.45) is 0 Å². The van der Waals surface area contributed by atoms with E-state index < -0.39 is 51.5 Å². The van der Waals surface area contributed by atoms with Crippen molar-refractivity contribution in [2.75, 3.05) is 5.32 Å². The highest BCUT2D eigenvalue weighted by Crippen LogP contribution is 2.29. The zero-order valence-corrected chi connectivity index (χ0v) is 12.2. The Morgan fingerprint density at radius 2 is 1.83 bits per heavy atom. The zero-order valence-electron chi connectivity index (χ0n) is 12.2. The number of amides is 2. The molecule has 1 aromatic carbocycles. The molecule has 12 heteroatoms. The number of anilines is 1. The Morgan fingerprint density at radius 3 is 2.29 bits per heavy atom. The molecule has 1 aromatic rings. The summed E-state index contributed by atoms with van der Waals surface area (Å²) in [5.74, 6) is -3.05. The van der Waals surface area contributed by atoms with Crippen molar-refractivity contribution in [3.8, 4) is 0 Å². The molecule has 0 aliphatic heterocycles. The van der Waals surface area contributed by atoms with Gasteiger partial charge in [0.1, 0.15) is 11.7 Å². The van der Waals surface area contributed by atoms with Crippen LogP contribution in [0.5, 0.6) is 0 Å². The van der Waals surface area contributed by atoms with Crippen LogP contribution in [0.1, 0.15) is 13.3 Å². The number of carbonyl (C=O) groups is 3. The van der Waals surface area contributed by atoms with E-state index in [0.717, 1.165) is 19.1 Å². The van der Waals surface area contributed by atoms with Gasteiger partial charge in [-0.05, 0) is 6.07 Å². The minimum absolute atomic E-state index is 0.364. The van der Waals surface area contributed by atoms with Gasteiger partial charge in [-0.3, -0.25) is 34.6 Å². The minimum atomic E-state index is -1.46. The first-order valence-corrected chi connectivity index (χ1v) is 6.34. The average Bonchev–Trinajstić information content (AvgIpc) is 2.45. The molecule has 1 rings (SSSR count). The number of carboxylic acids is 1. The third-order valence-corrected chi connectivity index (χ3v) is 2.72. The van der Waals surface area contributed by atoms with Gasteiger partial charge in [-0.2, -0.15) is 0 Å². The maximum Gasteiger partial charge on any atom is 0.305 e. The largest absolute Gasteiger partial charge is 0.481 e. The van der Waals surface area contributed by atoms with Crippen molar-refractivity contribution in [3.63, 3.8) is 0 Å². The van der Waals surface area contributed by atoms with E-state index in [1.807, 2.05) is 0 Å². The molecule has 0 saturated carbocycles. The predicted octanol–water partition coefficient (Wildman–Crippen LogP) is 0.421. The van der Waals surface area contributed by atoms with E-state index in [4.69, 9.17) is 5.11 Å². The van der Waals surface area contributed by atoms with Crippen molar-refractivity contribution < 1.29 is 29.3 Å². The summed E-state index contributed by atoms with van der Waals surface area (Å²) < 4.78 is 0. The van der Waals surface area contributed by atoms with Gasteiger partial charge in [-0.25, -0.2) is 0 Å². The molecule has 24 heavy (non-hydrogen) atoms. The SMILES string of the molecule is CC(=O)N[C@@H](CC(=O)O)C(=O)Nc1ccc([N+](=O)[O-])cc1[N+](=O)[O-]. The van der Waals surface area contributed by atoms with Crippen LogP contribution in [0.2, 0.25) is 0 Å². The molecule has 0 fully saturated rings. The molecule has 0 aliphatic carbocycles. The zero-order chi connectivity index (χ0) is 18.4. The molecule has 0 aliphatic rings. The summed E-state index contributed by atoms with van der Waals surface area (Å²) >= 11 is 0. The summed E-state index contributed by atoms with van der Waals surface area (Å²) in [6.45, 7) is 1.07. The molecule has 128 valence electrons. The second-order valence-corrected chi connectivity index (χ2v) is 4.56. The Labute approximate surface area is 133 Å². The van der Waals surface area contributed by atoms with E-state index in [9.17, 15) is 34.6 Å². The average molecular weight is 340 g/mol. The Hall–Kier alpha value is -3.57. The number of rotatable bonds is 7. The van der Waals surface area contributed by atoms with Crippen LogP contribution < -0.4 is 10.6 Å². The number of benzene rings is 1. The number of hydrogen-bond acceptors (Lipinski definition) is 7. The number of non-ortho nitro benzene ring substituents is 1. The van der Waals surface area contributed by atoms with Crippen molar-refractivity contribution in [2.45, 2.75) is 19.4 Å². The first kappa shape index (κ1) is 18.5. The number of hydrogen-bond donors (Lipinski definition) is 3. The van der Waals surface area contributed by atoms with Crippen molar-refractivity contribution in [1.29, 1.82) is 0 Å². The van der Waals surface area contributed by atoms with Crippen LogP contribution in [0.3, 0.4) is 0 Å². The summed E-state index contributed by atoms with van der Waals surface area (Å²) in [6, 6.07) is 1.07. The van der Waals surface area contributed by atoms with E-state index in [1.54, 1.807) is 0 Å². The summed E-state index contributed by atoms with van der Waals surface area (Å²) in [4.78, 5) is 53.6. The van der Waals surface area contributed by atoms with Crippen LogP contribution in [0, 0.1) is 20.2 Å². The monoisotopic (exact) mass is 340 g/mol. The Morgan fingerprint density at radius 1 is 1.21 bits per heavy atom. The molecular formula is C12H12N4O8. The number of nitrogens with one attached hydrogen (secondary N) is 2. The highest BCUT2D eigenvalue weighted by atomic mass is 16.6. The minimum Gasteiger partial charge on any atom is -0.481 e. The maximum atomic E-state index is 12.0. The molecule has 12 nitrogen and oxygen atoms in total. The fourth-order valence-electron chi connectivity index (χ4n) is 1.74. The number of nitrogens with zero attached hydrogens (tertiary/aromatic N) is 2. The van der Waals surface area contributed by atoms with Gasteiger partial charge in [0.05, 0.1) is 22.3 Å². The van der Waals surface area contributed by atoms with Crippen LogP contribution in [-0.2, 0) is 14.4 Å². The molecule has 0 spiro atoms. The lowest BCUT2D eigenvalue weighted by molar-refractivity contribution is -0.393. The van der Waals surface area contributed by atoms with Crippen LogP contribution in [0.15, 0.2) is 18.2 Å². The molecule has 0 saturated heterocycles. The number of aliphatic carboxylic acids is 1. The maximum absolute atomic E-state index is 12.0. The Balaban J connectivity index is 3.10. The van der Waals surface area contributed by atoms with E-state index >= 15 is 0 Å². The van der Waals surface area contributed by atoms with Crippen molar-refractivity contribution >= 4 is 34.8 Å². The molecule has 3 N–H and O–H groups in total. The fourth-order valence-corrected chi connectivity index (χ4v) is 1.74. The topological polar surface area (TPSA) is 182 Å². The van der Waals surface area contributed by atoms with Gasteiger partial charge in [0.15, 0.2) is 0 Å². The number of carboxylic acid groups (broad SMARTS) is 1. The smallest absolute Gasteiger partial charge is 0.305 e. The standard InChI is InChI=1S/C12H12N4O8/c1-6(17)13-9(5-11(18)19)12(20)14-8-3-2-7(15(21)22)4-10(8)16(23)24/h2-4,9H,5H2,1H3,(H,13,17)(H,14,20)(H,18,19)/t9-/m0/s1. The first-order chi connectivity index (χ1) is 11.1. The van der Waals surface area contributed by atoms with Gasteiger partial charge in [-0.1, -0.05) is 0 Å². The summed E-state index contributed by atoms with van der Waals surface area (Å²) in [7, 11) is 0. The number of nitro groups is 2. The van der Waals surface area contributed by atoms with Gasteiger partial charge >= 0.3 is 5.97 Å². The van der Waals surface area contributed by atoms with E-state index in [-0.39, 0.29) is 5.69 Å². The van der Waals surface area contributed by atoms with Gasteiger partial charge in [0.25, 0.3) is 11.4 Å². The third-order valence-electron chi connectivity index (χ3n) is 2.72. The molecule has 0 unspecified atom stereocenters. The van der Waals surface area contributed by atoms with Crippen molar-refractivity contribution in [3.05, 3.63) is 38.4 Å². The highest BCUT2D eigenvalue weighted by Gasteiger charge is 2.26. The summed E-state index contributed by atoms with van der Waals surface area (Å²) in [6.07, 6.45) is -0.744. The molecular weight excluding hydrogens is 328 g/mol. The summed E-state index contributed by atoms with van der Waals surface area (Å²) in [5.41, 5.74) is -1.66. The Bertz CT molecular complexity index is 701. The van der Waals surface area contributed by atoms with Crippen molar-refractivity contribution in [1.82, 2.24) is 5.32 Å². The van der Waals surface area contributed by atoms with Gasteiger partial charge < -0.3 is 15.7 Å². The predicted molar refractivity (Wildman–Crippen MR) is 78.2 cm³/mol.